The lowest BCUT2D eigenvalue weighted by atomic mass is 10.2. The number of thioether (sulfide) groups is 1. The Morgan fingerprint density at radius 3 is 2.79 bits per heavy atom. The third-order valence-corrected chi connectivity index (χ3v) is 5.06. The largest absolute Gasteiger partial charge is 0.325 e. The van der Waals surface area contributed by atoms with Crippen molar-refractivity contribution in [2.45, 2.75) is 18.5 Å². The molecular weight excluding hydrogens is 372 g/mol. The molecule has 140 valence electrons. The second-order valence-corrected chi connectivity index (χ2v) is 7.25. The van der Waals surface area contributed by atoms with Crippen LogP contribution in [0.5, 0.6) is 0 Å². The molecule has 0 spiro atoms. The number of anilines is 1. The second kappa shape index (κ2) is 8.18. The van der Waals surface area contributed by atoms with Crippen LogP contribution in [0.25, 0.3) is 11.2 Å². The Balaban J connectivity index is 1.46. The number of rotatable bonds is 6. The smallest absolute Gasteiger partial charge is 0.234 e. The number of amides is 1. The van der Waals surface area contributed by atoms with Crippen LogP contribution in [0.1, 0.15) is 11.1 Å². The number of aryl methyl sites for hydroxylation is 1. The van der Waals surface area contributed by atoms with Crippen LogP contribution in [0.15, 0.2) is 66.0 Å². The zero-order chi connectivity index (χ0) is 19.3. The van der Waals surface area contributed by atoms with E-state index in [9.17, 15) is 4.79 Å². The molecule has 0 unspecified atom stereocenters. The van der Waals surface area contributed by atoms with E-state index in [0.717, 1.165) is 16.8 Å². The van der Waals surface area contributed by atoms with Gasteiger partial charge in [0.15, 0.2) is 11.2 Å². The van der Waals surface area contributed by atoms with Gasteiger partial charge in [-0.3, -0.25) is 4.79 Å². The predicted molar refractivity (Wildman–Crippen MR) is 109 cm³/mol. The highest BCUT2D eigenvalue weighted by Gasteiger charge is 2.14. The van der Waals surface area contributed by atoms with Crippen LogP contribution in [-0.4, -0.2) is 36.6 Å². The summed E-state index contributed by atoms with van der Waals surface area (Å²) in [6.45, 7) is 2.56. The average Bonchev–Trinajstić information content (AvgIpc) is 3.11. The van der Waals surface area contributed by atoms with Gasteiger partial charge in [0.2, 0.25) is 5.91 Å². The van der Waals surface area contributed by atoms with E-state index in [1.165, 1.54) is 18.1 Å². The maximum absolute atomic E-state index is 12.3. The maximum atomic E-state index is 12.3. The summed E-state index contributed by atoms with van der Waals surface area (Å²) < 4.78 is 1.74. The van der Waals surface area contributed by atoms with Crippen LogP contribution in [-0.2, 0) is 11.3 Å². The lowest BCUT2D eigenvalue weighted by Crippen LogP contribution is -2.14. The molecular formula is C20H18N6OS. The lowest BCUT2D eigenvalue weighted by molar-refractivity contribution is -0.113. The van der Waals surface area contributed by atoms with Crippen molar-refractivity contribution in [2.24, 2.45) is 0 Å². The van der Waals surface area contributed by atoms with Crippen molar-refractivity contribution in [1.29, 1.82) is 0 Å². The number of carbonyl (C=O) groups excluding carboxylic acids is 1. The number of hydrogen-bond donors (Lipinski definition) is 1. The Morgan fingerprint density at radius 1 is 1.11 bits per heavy atom. The molecule has 1 N–H and O–H groups in total. The van der Waals surface area contributed by atoms with Crippen molar-refractivity contribution in [3.63, 3.8) is 0 Å². The van der Waals surface area contributed by atoms with Gasteiger partial charge < -0.3 is 5.32 Å². The number of hydrogen-bond acceptors (Lipinski definition) is 6. The van der Waals surface area contributed by atoms with Gasteiger partial charge in [-0.15, -0.1) is 5.10 Å². The summed E-state index contributed by atoms with van der Waals surface area (Å²) >= 11 is 1.32. The predicted octanol–water partition coefficient (Wildman–Crippen LogP) is 3.31. The van der Waals surface area contributed by atoms with E-state index in [-0.39, 0.29) is 11.7 Å². The summed E-state index contributed by atoms with van der Waals surface area (Å²) in [6, 6.07) is 17.7. The Hall–Kier alpha value is -3.26. The van der Waals surface area contributed by atoms with Crippen molar-refractivity contribution < 1.29 is 4.79 Å². The molecule has 0 saturated carbocycles. The van der Waals surface area contributed by atoms with E-state index in [0.29, 0.717) is 22.7 Å². The highest BCUT2D eigenvalue weighted by atomic mass is 32.2. The first-order chi connectivity index (χ1) is 13.7. The molecule has 7 nitrogen and oxygen atoms in total. The number of fused-ring (bicyclic) bond motifs is 1. The fraction of sp³-hybridized carbons (Fsp3) is 0.150. The van der Waals surface area contributed by atoms with Crippen molar-refractivity contribution >= 4 is 34.5 Å². The molecule has 0 radical (unpaired) electrons. The molecule has 0 saturated heterocycles. The van der Waals surface area contributed by atoms with Crippen LogP contribution in [0.3, 0.4) is 0 Å². The van der Waals surface area contributed by atoms with Gasteiger partial charge in [0.05, 0.1) is 12.3 Å². The summed E-state index contributed by atoms with van der Waals surface area (Å²) in [4.78, 5) is 20.9. The molecule has 0 bridgehead atoms. The highest BCUT2D eigenvalue weighted by molar-refractivity contribution is 8.00. The second-order valence-electron chi connectivity index (χ2n) is 6.29. The molecule has 2 heterocycles. The number of nitrogens with zero attached hydrogens (tertiary/aromatic N) is 5. The number of benzene rings is 2. The molecule has 0 aliphatic heterocycles. The molecule has 2 aromatic carbocycles. The number of carbonyl (C=O) groups is 1. The topological polar surface area (TPSA) is 85.6 Å². The van der Waals surface area contributed by atoms with Crippen molar-refractivity contribution in [1.82, 2.24) is 25.0 Å². The first-order valence-electron chi connectivity index (χ1n) is 8.76. The molecule has 0 atom stereocenters. The first-order valence-corrected chi connectivity index (χ1v) is 9.75. The SMILES string of the molecule is Cc1cccc(NC(=O)CSc2ncnc3c2nnn3Cc2ccccc2)c1. The summed E-state index contributed by atoms with van der Waals surface area (Å²) in [6.07, 6.45) is 1.48. The van der Waals surface area contributed by atoms with Gasteiger partial charge in [-0.2, -0.15) is 0 Å². The standard InChI is InChI=1S/C20H18N6OS/c1-14-6-5-9-16(10-14)23-17(27)12-28-20-18-19(21-13-22-20)26(25-24-18)11-15-7-3-2-4-8-15/h2-10,13H,11-12H2,1H3,(H,23,27). The Labute approximate surface area is 166 Å². The van der Waals surface area contributed by atoms with Crippen molar-refractivity contribution in [3.05, 3.63) is 72.1 Å². The van der Waals surface area contributed by atoms with Crippen LogP contribution < -0.4 is 5.32 Å². The Bertz CT molecular complexity index is 1110. The molecule has 4 aromatic rings. The summed E-state index contributed by atoms with van der Waals surface area (Å²) in [5.41, 5.74) is 4.25. The van der Waals surface area contributed by atoms with Gasteiger partial charge >= 0.3 is 0 Å². The van der Waals surface area contributed by atoms with E-state index in [4.69, 9.17) is 0 Å². The van der Waals surface area contributed by atoms with Gasteiger partial charge in [-0.25, -0.2) is 14.6 Å². The molecule has 28 heavy (non-hydrogen) atoms. The van der Waals surface area contributed by atoms with E-state index in [2.05, 4.69) is 25.6 Å². The van der Waals surface area contributed by atoms with Crippen molar-refractivity contribution in [3.8, 4) is 0 Å². The number of nitrogens with one attached hydrogen (secondary N) is 1. The third-order valence-electron chi connectivity index (χ3n) is 4.08. The minimum atomic E-state index is -0.0981. The molecule has 8 heteroatoms. The maximum Gasteiger partial charge on any atom is 0.234 e. The van der Waals surface area contributed by atoms with Gasteiger partial charge in [-0.05, 0) is 30.2 Å². The third kappa shape index (κ3) is 4.17. The summed E-state index contributed by atoms with van der Waals surface area (Å²) in [5, 5.41) is 12.0. The lowest BCUT2D eigenvalue weighted by Gasteiger charge is -2.06. The summed E-state index contributed by atoms with van der Waals surface area (Å²) in [7, 11) is 0. The molecule has 0 fully saturated rings. The minimum absolute atomic E-state index is 0.0981. The van der Waals surface area contributed by atoms with E-state index in [1.54, 1.807) is 4.68 Å². The van der Waals surface area contributed by atoms with Crippen LogP contribution in [0, 0.1) is 6.92 Å². The van der Waals surface area contributed by atoms with Gasteiger partial charge in [-0.1, -0.05) is 59.4 Å². The van der Waals surface area contributed by atoms with Crippen LogP contribution >= 0.6 is 11.8 Å². The molecule has 0 aliphatic carbocycles. The van der Waals surface area contributed by atoms with E-state index >= 15 is 0 Å². The molecule has 1 amide bonds. The zero-order valence-electron chi connectivity index (χ0n) is 15.2. The highest BCUT2D eigenvalue weighted by Crippen LogP contribution is 2.23. The number of aromatic nitrogens is 5. The van der Waals surface area contributed by atoms with E-state index < -0.39 is 0 Å². The zero-order valence-corrected chi connectivity index (χ0v) is 16.1. The molecule has 0 aliphatic rings. The minimum Gasteiger partial charge on any atom is -0.325 e. The van der Waals surface area contributed by atoms with E-state index in [1.807, 2.05) is 61.5 Å². The van der Waals surface area contributed by atoms with Gasteiger partial charge in [0.1, 0.15) is 11.4 Å². The Morgan fingerprint density at radius 2 is 1.96 bits per heavy atom. The van der Waals surface area contributed by atoms with Crippen molar-refractivity contribution in [2.75, 3.05) is 11.1 Å². The van der Waals surface area contributed by atoms with Crippen LogP contribution in [0.2, 0.25) is 0 Å². The normalized spacial score (nSPS) is 10.9. The fourth-order valence-corrected chi connectivity index (χ4v) is 3.52. The fourth-order valence-electron chi connectivity index (χ4n) is 2.79. The van der Waals surface area contributed by atoms with Gasteiger partial charge in [0.25, 0.3) is 0 Å². The Kier molecular flexibility index (Phi) is 5.29. The summed E-state index contributed by atoms with van der Waals surface area (Å²) in [5.74, 6) is 0.130. The quantitative estimate of drug-likeness (QED) is 0.402. The average molecular weight is 390 g/mol. The first kappa shape index (κ1) is 18.1. The van der Waals surface area contributed by atoms with Gasteiger partial charge in [0, 0.05) is 5.69 Å². The molecule has 2 aromatic heterocycles. The monoisotopic (exact) mass is 390 g/mol. The molecule has 4 rings (SSSR count). The van der Waals surface area contributed by atoms with Crippen LogP contribution in [0.4, 0.5) is 5.69 Å².